The molecule has 0 radical (unpaired) electrons. The number of likely N-dealkylation sites (tertiary alicyclic amines) is 1. The summed E-state index contributed by atoms with van der Waals surface area (Å²) in [6, 6.07) is 11.5. The summed E-state index contributed by atoms with van der Waals surface area (Å²) in [5, 5.41) is 8.85. The Hall–Kier alpha value is -7.21. The van der Waals surface area contributed by atoms with Crippen molar-refractivity contribution >= 4 is 68.3 Å². The number of hydrogen-bond donors (Lipinski definition) is 2. The Morgan fingerprint density at radius 1 is 1.00 bits per heavy atom. The molecule has 2 fully saturated rings. The van der Waals surface area contributed by atoms with Gasteiger partial charge in [0.2, 0.25) is 12.2 Å². The highest BCUT2D eigenvalue weighted by Gasteiger charge is 2.42. The van der Waals surface area contributed by atoms with Crippen LogP contribution in [0.3, 0.4) is 0 Å². The number of nitrogens with one attached hydrogen (secondary N) is 1. The number of esters is 2. The van der Waals surface area contributed by atoms with Crippen molar-refractivity contribution in [3.05, 3.63) is 106 Å². The molecule has 0 saturated carbocycles. The van der Waals surface area contributed by atoms with Crippen LogP contribution in [0.4, 0.5) is 25.0 Å². The molecule has 2 aliphatic rings. The number of carbonyl (C=O) groups is 4. The number of nitrogens with zero attached hydrogens (tertiary/aromatic N) is 6. The maximum atomic E-state index is 16.4. The average molecular weight is 822 g/mol. The minimum atomic E-state index is -1.39. The molecule has 2 saturated heterocycles. The third-order valence-electron chi connectivity index (χ3n) is 10.9. The van der Waals surface area contributed by atoms with Gasteiger partial charge in [-0.05, 0) is 31.0 Å². The number of pyridine rings is 3. The number of aliphatic carboxylic acids is 1. The topological polar surface area (TPSA) is 189 Å². The van der Waals surface area contributed by atoms with E-state index in [1.165, 1.54) is 13.2 Å². The molecule has 0 spiro atoms. The minimum Gasteiger partial charge on any atom is -0.478 e. The van der Waals surface area contributed by atoms with Crippen LogP contribution in [0.5, 0.6) is 0 Å². The number of benzene rings is 2. The molecular formula is C42H37F2N7O9. The molecule has 2 unspecified atom stereocenters. The van der Waals surface area contributed by atoms with Gasteiger partial charge in [-0.2, -0.15) is 0 Å². The van der Waals surface area contributed by atoms with E-state index < -0.39 is 47.9 Å². The number of fused-ring (bicyclic) bond motifs is 5. The molecule has 2 aromatic carbocycles. The first-order valence-electron chi connectivity index (χ1n) is 18.8. The number of carbonyl (C=O) groups excluding carboxylic acids is 3. The summed E-state index contributed by atoms with van der Waals surface area (Å²) in [5.74, 6) is -5.49. The highest BCUT2D eigenvalue weighted by molar-refractivity contribution is 6.19. The molecule has 2 aliphatic heterocycles. The van der Waals surface area contributed by atoms with Crippen LogP contribution in [0.15, 0.2) is 78.0 Å². The summed E-state index contributed by atoms with van der Waals surface area (Å²) >= 11 is 0. The number of carboxylic acids is 1. The van der Waals surface area contributed by atoms with Gasteiger partial charge in [0.05, 0.1) is 33.1 Å². The van der Waals surface area contributed by atoms with Crippen LogP contribution >= 0.6 is 0 Å². The second-order valence-corrected chi connectivity index (χ2v) is 14.7. The minimum absolute atomic E-state index is 0.0130. The molecule has 0 bridgehead atoms. The van der Waals surface area contributed by atoms with E-state index in [-0.39, 0.29) is 57.1 Å². The van der Waals surface area contributed by atoms with Crippen molar-refractivity contribution in [3.8, 4) is 11.1 Å². The van der Waals surface area contributed by atoms with E-state index in [1.807, 2.05) is 25.2 Å². The second kappa shape index (κ2) is 15.9. The average Bonchev–Trinajstić information content (AvgIpc) is 3.93. The monoisotopic (exact) mass is 821 g/mol. The highest BCUT2D eigenvalue weighted by atomic mass is 19.2. The van der Waals surface area contributed by atoms with Crippen molar-refractivity contribution in [1.29, 1.82) is 0 Å². The van der Waals surface area contributed by atoms with E-state index in [2.05, 4.69) is 24.8 Å². The van der Waals surface area contributed by atoms with Gasteiger partial charge in [0.1, 0.15) is 23.5 Å². The van der Waals surface area contributed by atoms with Gasteiger partial charge in [0.15, 0.2) is 11.6 Å². The molecule has 18 heteroatoms. The number of rotatable bonds is 10. The van der Waals surface area contributed by atoms with Crippen molar-refractivity contribution in [1.82, 2.24) is 24.4 Å². The number of hydrogen-bond acceptors (Lipinski definition) is 12. The first-order valence-corrected chi connectivity index (χ1v) is 18.8. The van der Waals surface area contributed by atoms with Crippen LogP contribution in [0.2, 0.25) is 0 Å². The quantitative estimate of drug-likeness (QED) is 0.105. The Kier molecular flexibility index (Phi) is 10.5. The van der Waals surface area contributed by atoms with Crippen LogP contribution in [0.1, 0.15) is 22.3 Å². The van der Waals surface area contributed by atoms with Gasteiger partial charge in [-0.3, -0.25) is 9.69 Å². The van der Waals surface area contributed by atoms with Gasteiger partial charge in [-0.25, -0.2) is 37.9 Å². The van der Waals surface area contributed by atoms with E-state index in [0.29, 0.717) is 47.7 Å². The van der Waals surface area contributed by atoms with E-state index in [0.717, 1.165) is 29.5 Å². The summed E-state index contributed by atoms with van der Waals surface area (Å²) in [4.78, 5) is 80.4. The maximum Gasteiger partial charge on any atom is 0.416 e. The highest BCUT2D eigenvalue weighted by Crippen LogP contribution is 2.47. The molecule has 2 N–H and O–H groups in total. The lowest BCUT2D eigenvalue weighted by atomic mass is 9.99. The van der Waals surface area contributed by atoms with Gasteiger partial charge in [-0.1, -0.05) is 30.3 Å². The largest absolute Gasteiger partial charge is 0.478 e. The van der Waals surface area contributed by atoms with Crippen LogP contribution < -0.4 is 15.2 Å². The number of aromatic nitrogens is 4. The number of anilines is 2. The molecule has 1 amide bonds. The molecule has 8 rings (SSSR count). The number of carboxylic acid groups (broad SMARTS) is 1. The van der Waals surface area contributed by atoms with Gasteiger partial charge in [0, 0.05) is 87.7 Å². The first-order chi connectivity index (χ1) is 28.8. The van der Waals surface area contributed by atoms with Crippen molar-refractivity contribution in [2.45, 2.75) is 19.1 Å². The fourth-order valence-corrected chi connectivity index (χ4v) is 8.13. The number of aryl methyl sites for hydroxylation is 1. The van der Waals surface area contributed by atoms with Crippen LogP contribution in [0, 0.1) is 17.6 Å². The zero-order valence-corrected chi connectivity index (χ0v) is 32.5. The summed E-state index contributed by atoms with van der Waals surface area (Å²) in [5.41, 5.74) is 1.71. The maximum absolute atomic E-state index is 16.4. The molecule has 0 aliphatic carbocycles. The van der Waals surface area contributed by atoms with E-state index in [4.69, 9.17) is 19.3 Å². The second-order valence-electron chi connectivity index (χ2n) is 14.7. The Balaban J connectivity index is 1.24. The number of ether oxygens (including phenoxy) is 3. The molecule has 2 atom stereocenters. The molecule has 60 heavy (non-hydrogen) atoms. The normalized spacial score (nSPS) is 16.5. The standard InChI is InChI=1S/C42H37F2N7O9/c1-48-17-23-11-12-51(30(23)19-48)37-26(24-13-25-38(55)27(18-49(2)40(25)46-15-24)41(56)58-20-22-7-5-4-6-8-22)16-45-39-34(37)33-35(44)28(43)14-29(36(33)47-39)50(3)42(57)60-21-59-32(54)10-9-31(52)53/h4-10,13-16,18,23,30H,11-12,17,19-21H2,1-3H3,(H,45,47)(H,52,53)/b10-9+. The SMILES string of the molecule is CN1CC2CCN(c3c(-c4cnc5c(c4)c(=O)c(C(=O)OCc4ccccc4)cn5C)cnc4[nH]c5c(N(C)C(=O)OCOC(=O)/C=C/C(=O)O)cc(F)c(F)c5c34)C2C1. The van der Waals surface area contributed by atoms with Crippen molar-refractivity contribution in [3.63, 3.8) is 0 Å². The van der Waals surface area contributed by atoms with Crippen LogP contribution in [-0.4, -0.2) is 100 Å². The zero-order valence-electron chi connectivity index (χ0n) is 32.5. The van der Waals surface area contributed by atoms with E-state index in [9.17, 15) is 24.0 Å². The zero-order chi connectivity index (χ0) is 42.4. The lowest BCUT2D eigenvalue weighted by Crippen LogP contribution is -2.35. The fraction of sp³-hybridized carbons (Fsp3) is 0.262. The Bertz CT molecular complexity index is 2830. The smallest absolute Gasteiger partial charge is 0.416 e. The van der Waals surface area contributed by atoms with Gasteiger partial charge in [-0.15, -0.1) is 0 Å². The Morgan fingerprint density at radius 3 is 2.55 bits per heavy atom. The number of aromatic amines is 1. The number of amides is 1. The van der Waals surface area contributed by atoms with Crippen LogP contribution in [-0.2, 0) is 37.5 Å². The first kappa shape index (κ1) is 39.6. The van der Waals surface area contributed by atoms with Gasteiger partial charge in [0.25, 0.3) is 0 Å². The van der Waals surface area contributed by atoms with Crippen molar-refractivity contribution < 1.29 is 47.3 Å². The number of halogens is 2. The van der Waals surface area contributed by atoms with Crippen molar-refractivity contribution in [2.24, 2.45) is 13.0 Å². The Labute approximate surface area is 339 Å². The van der Waals surface area contributed by atoms with E-state index in [1.54, 1.807) is 42.2 Å². The van der Waals surface area contributed by atoms with Gasteiger partial charge < -0.3 is 38.7 Å². The molecule has 6 aromatic rings. The summed E-state index contributed by atoms with van der Waals surface area (Å²) in [6.07, 6.45) is 5.39. The van der Waals surface area contributed by atoms with Crippen molar-refractivity contribution in [2.75, 3.05) is 50.3 Å². The molecule has 4 aromatic heterocycles. The van der Waals surface area contributed by atoms with Crippen LogP contribution in [0.25, 0.3) is 44.1 Å². The predicted octanol–water partition coefficient (Wildman–Crippen LogP) is 5.12. The molecule has 308 valence electrons. The third-order valence-corrected chi connectivity index (χ3v) is 10.9. The fourth-order valence-electron chi connectivity index (χ4n) is 8.13. The number of likely N-dealkylation sites (N-methyl/N-ethyl adjacent to an activating group) is 1. The summed E-state index contributed by atoms with van der Waals surface area (Å²) in [7, 11) is 4.92. The van der Waals surface area contributed by atoms with Gasteiger partial charge >= 0.3 is 24.0 Å². The summed E-state index contributed by atoms with van der Waals surface area (Å²) < 4.78 is 48.9. The summed E-state index contributed by atoms with van der Waals surface area (Å²) in [6.45, 7) is 1.16. The third kappa shape index (κ3) is 7.25. The lowest BCUT2D eigenvalue weighted by molar-refractivity contribution is -0.146. The predicted molar refractivity (Wildman–Crippen MR) is 214 cm³/mol. The van der Waals surface area contributed by atoms with E-state index >= 15 is 8.78 Å². The molecular weight excluding hydrogens is 784 g/mol. The molecule has 6 heterocycles. The number of H-pyrrole nitrogens is 1. The Morgan fingerprint density at radius 2 is 1.78 bits per heavy atom. The lowest BCUT2D eigenvalue weighted by Gasteiger charge is -2.29. The molecule has 16 nitrogen and oxygen atoms in total.